The topological polar surface area (TPSA) is 75.4 Å². The van der Waals surface area contributed by atoms with Gasteiger partial charge in [-0.1, -0.05) is 17.3 Å². The highest BCUT2D eigenvalue weighted by molar-refractivity contribution is 5.79. The largest absolute Gasteiger partial charge is 0.508 e. The molecule has 2 aromatic rings. The van der Waals surface area contributed by atoms with E-state index >= 15 is 0 Å². The van der Waals surface area contributed by atoms with E-state index in [0.717, 1.165) is 16.8 Å². The van der Waals surface area contributed by atoms with E-state index in [0.29, 0.717) is 5.76 Å². The number of nitrogens with zero attached hydrogens (tertiary/aromatic N) is 1. The van der Waals surface area contributed by atoms with E-state index in [1.165, 1.54) is 0 Å². The van der Waals surface area contributed by atoms with Crippen molar-refractivity contribution in [2.24, 2.45) is 0 Å². The summed E-state index contributed by atoms with van der Waals surface area (Å²) >= 11 is 0. The average molecular weight is 274 g/mol. The van der Waals surface area contributed by atoms with Crippen LogP contribution >= 0.6 is 0 Å². The number of nitrogens with one attached hydrogen (secondary N) is 1. The zero-order valence-corrected chi connectivity index (χ0v) is 11.8. The molecule has 0 spiro atoms. The van der Waals surface area contributed by atoms with Crippen LogP contribution in [0, 0.1) is 13.8 Å². The van der Waals surface area contributed by atoms with Crippen molar-refractivity contribution in [2.45, 2.75) is 33.2 Å². The summed E-state index contributed by atoms with van der Waals surface area (Å²) in [5.74, 6) is 0.768. The Morgan fingerprint density at radius 1 is 1.45 bits per heavy atom. The highest BCUT2D eigenvalue weighted by Crippen LogP contribution is 2.21. The van der Waals surface area contributed by atoms with Crippen LogP contribution in [0.3, 0.4) is 0 Å². The Hall–Kier alpha value is -2.30. The molecule has 1 aromatic carbocycles. The first-order valence-electron chi connectivity index (χ1n) is 6.47. The van der Waals surface area contributed by atoms with Gasteiger partial charge >= 0.3 is 0 Å². The molecule has 0 fully saturated rings. The third-order valence-electron chi connectivity index (χ3n) is 3.17. The maximum absolute atomic E-state index is 12.0. The van der Waals surface area contributed by atoms with Gasteiger partial charge in [0.15, 0.2) is 0 Å². The fourth-order valence-electron chi connectivity index (χ4n) is 2.32. The van der Waals surface area contributed by atoms with E-state index in [-0.39, 0.29) is 24.1 Å². The van der Waals surface area contributed by atoms with Crippen LogP contribution in [0.15, 0.2) is 28.8 Å². The summed E-state index contributed by atoms with van der Waals surface area (Å²) in [5, 5.41) is 16.2. The predicted octanol–water partition coefficient (Wildman–Crippen LogP) is 2.42. The molecule has 0 aliphatic rings. The summed E-state index contributed by atoms with van der Waals surface area (Å²) in [4.78, 5) is 12.0. The molecular formula is C15H18N2O3. The summed E-state index contributed by atoms with van der Waals surface area (Å²) in [6, 6.07) is 6.52. The normalized spacial score (nSPS) is 12.2. The molecular weight excluding hydrogens is 256 g/mol. The van der Waals surface area contributed by atoms with Crippen molar-refractivity contribution in [2.75, 3.05) is 0 Å². The number of aromatic nitrogens is 1. The molecule has 5 nitrogen and oxygen atoms in total. The van der Waals surface area contributed by atoms with Gasteiger partial charge in [0.05, 0.1) is 18.2 Å². The second-order valence-electron chi connectivity index (χ2n) is 4.87. The molecule has 106 valence electrons. The molecule has 2 rings (SSSR count). The van der Waals surface area contributed by atoms with E-state index in [2.05, 4.69) is 10.5 Å². The molecule has 0 aliphatic carbocycles. The molecule has 0 saturated carbocycles. The van der Waals surface area contributed by atoms with E-state index in [9.17, 15) is 9.90 Å². The van der Waals surface area contributed by atoms with Gasteiger partial charge in [-0.15, -0.1) is 0 Å². The van der Waals surface area contributed by atoms with Crippen molar-refractivity contribution in [3.05, 3.63) is 46.8 Å². The molecule has 2 N–H and O–H groups in total. The minimum absolute atomic E-state index is 0.108. The number of aromatic hydroxyl groups is 1. The molecule has 0 saturated heterocycles. The lowest BCUT2D eigenvalue weighted by Crippen LogP contribution is -2.28. The van der Waals surface area contributed by atoms with Crippen LogP contribution in [-0.2, 0) is 11.2 Å². The first-order valence-corrected chi connectivity index (χ1v) is 6.47. The Bertz CT molecular complexity index is 600. The van der Waals surface area contributed by atoms with Crippen LogP contribution in [0.4, 0.5) is 0 Å². The minimum Gasteiger partial charge on any atom is -0.508 e. The average Bonchev–Trinajstić information content (AvgIpc) is 2.68. The zero-order valence-electron chi connectivity index (χ0n) is 11.8. The molecule has 0 bridgehead atoms. The number of phenolic OH excluding ortho intramolecular Hbond substituents is 1. The molecule has 1 aromatic heterocycles. The lowest BCUT2D eigenvalue weighted by Gasteiger charge is -2.13. The SMILES string of the molecule is Cc1noc(C)c1C(C)NC(=O)Cc1cccc(O)c1. The molecule has 1 unspecified atom stereocenters. The molecule has 1 amide bonds. The van der Waals surface area contributed by atoms with Gasteiger partial charge in [-0.2, -0.15) is 0 Å². The second-order valence-corrected chi connectivity index (χ2v) is 4.87. The summed E-state index contributed by atoms with van der Waals surface area (Å²) in [6.45, 7) is 5.57. The number of rotatable bonds is 4. The Morgan fingerprint density at radius 2 is 2.20 bits per heavy atom. The van der Waals surface area contributed by atoms with Crippen LogP contribution in [0.5, 0.6) is 5.75 Å². The van der Waals surface area contributed by atoms with Crippen molar-refractivity contribution in [1.82, 2.24) is 10.5 Å². The van der Waals surface area contributed by atoms with Crippen LogP contribution in [0.1, 0.15) is 35.5 Å². The second kappa shape index (κ2) is 5.77. The Kier molecular flexibility index (Phi) is 4.08. The van der Waals surface area contributed by atoms with Gasteiger partial charge in [0.25, 0.3) is 0 Å². The van der Waals surface area contributed by atoms with E-state index < -0.39 is 0 Å². The smallest absolute Gasteiger partial charge is 0.224 e. The van der Waals surface area contributed by atoms with Gasteiger partial charge in [-0.05, 0) is 38.5 Å². The van der Waals surface area contributed by atoms with Gasteiger partial charge < -0.3 is 14.9 Å². The number of hydrogen-bond donors (Lipinski definition) is 2. The standard InChI is InChI=1S/C15H18N2O3/c1-9(15-10(2)17-20-11(15)3)16-14(19)8-12-5-4-6-13(18)7-12/h4-7,9,18H,8H2,1-3H3,(H,16,19). The first-order chi connectivity index (χ1) is 9.47. The number of aryl methyl sites for hydroxylation is 2. The van der Waals surface area contributed by atoms with Gasteiger partial charge in [-0.3, -0.25) is 4.79 Å². The lowest BCUT2D eigenvalue weighted by molar-refractivity contribution is -0.121. The highest BCUT2D eigenvalue weighted by Gasteiger charge is 2.18. The van der Waals surface area contributed by atoms with Crippen molar-refractivity contribution in [3.8, 4) is 5.75 Å². The number of hydrogen-bond acceptors (Lipinski definition) is 4. The van der Waals surface area contributed by atoms with Crippen molar-refractivity contribution >= 4 is 5.91 Å². The minimum atomic E-state index is -0.161. The number of amides is 1. The van der Waals surface area contributed by atoms with Crippen molar-refractivity contribution < 1.29 is 14.4 Å². The van der Waals surface area contributed by atoms with Crippen LogP contribution in [0.25, 0.3) is 0 Å². The molecule has 1 atom stereocenters. The molecule has 20 heavy (non-hydrogen) atoms. The van der Waals surface area contributed by atoms with Gasteiger partial charge in [0.1, 0.15) is 11.5 Å². The Morgan fingerprint density at radius 3 is 2.80 bits per heavy atom. The summed E-state index contributed by atoms with van der Waals surface area (Å²) < 4.78 is 5.10. The summed E-state index contributed by atoms with van der Waals surface area (Å²) in [6.07, 6.45) is 0.224. The number of carbonyl (C=O) groups is 1. The monoisotopic (exact) mass is 274 g/mol. The van der Waals surface area contributed by atoms with E-state index in [1.807, 2.05) is 20.8 Å². The zero-order chi connectivity index (χ0) is 14.7. The highest BCUT2D eigenvalue weighted by atomic mass is 16.5. The number of carbonyl (C=O) groups excluding carboxylic acids is 1. The van der Waals surface area contributed by atoms with Crippen LogP contribution in [0.2, 0.25) is 0 Å². The van der Waals surface area contributed by atoms with Gasteiger partial charge in [-0.25, -0.2) is 0 Å². The van der Waals surface area contributed by atoms with Gasteiger partial charge in [0, 0.05) is 5.56 Å². The van der Waals surface area contributed by atoms with E-state index in [4.69, 9.17) is 4.52 Å². The maximum atomic E-state index is 12.0. The predicted molar refractivity (Wildman–Crippen MR) is 74.3 cm³/mol. The third kappa shape index (κ3) is 3.17. The fourth-order valence-corrected chi connectivity index (χ4v) is 2.32. The van der Waals surface area contributed by atoms with Crippen molar-refractivity contribution in [3.63, 3.8) is 0 Å². The summed E-state index contributed by atoms with van der Waals surface area (Å²) in [5.41, 5.74) is 2.47. The Labute approximate surface area is 117 Å². The van der Waals surface area contributed by atoms with Crippen LogP contribution < -0.4 is 5.32 Å². The van der Waals surface area contributed by atoms with E-state index in [1.54, 1.807) is 24.3 Å². The third-order valence-corrected chi connectivity index (χ3v) is 3.17. The lowest BCUT2D eigenvalue weighted by atomic mass is 10.1. The fraction of sp³-hybridized carbons (Fsp3) is 0.333. The van der Waals surface area contributed by atoms with Crippen molar-refractivity contribution in [1.29, 1.82) is 0 Å². The Balaban J connectivity index is 2.01. The number of benzene rings is 1. The maximum Gasteiger partial charge on any atom is 0.224 e. The number of phenols is 1. The molecule has 0 aliphatic heterocycles. The molecule has 5 heteroatoms. The first kappa shape index (κ1) is 14.1. The summed E-state index contributed by atoms with van der Waals surface area (Å²) in [7, 11) is 0. The quantitative estimate of drug-likeness (QED) is 0.897. The van der Waals surface area contributed by atoms with Gasteiger partial charge in [0.2, 0.25) is 5.91 Å². The molecule has 0 radical (unpaired) electrons. The van der Waals surface area contributed by atoms with Crippen LogP contribution in [-0.4, -0.2) is 16.2 Å². The molecule has 1 heterocycles.